The summed E-state index contributed by atoms with van der Waals surface area (Å²) in [5.41, 5.74) is 3.34. The number of pyridine rings is 2. The molecule has 0 fully saturated rings. The van der Waals surface area contributed by atoms with Crippen LogP contribution in [0.5, 0.6) is 0 Å². The minimum atomic E-state index is -0.247. The molecule has 0 aliphatic rings. The van der Waals surface area contributed by atoms with E-state index in [0.717, 1.165) is 11.3 Å². The fourth-order valence-electron chi connectivity index (χ4n) is 2.38. The zero-order valence-corrected chi connectivity index (χ0v) is 13.5. The highest BCUT2D eigenvalue weighted by molar-refractivity contribution is 6.12. The van der Waals surface area contributed by atoms with Crippen molar-refractivity contribution in [2.24, 2.45) is 0 Å². The molecule has 118 valence electrons. The Balaban J connectivity index is 2.06. The standard InChI is InChI=1S/C17H18N4O2/c1-9(2)13-8-12(15-11(4)21-23-17(15)19-13)16(22)20-14-7-10(3)5-6-18-14/h5-9H,1-4H3,(H,18,20,22). The molecule has 1 N–H and O–H groups in total. The van der Waals surface area contributed by atoms with Gasteiger partial charge in [-0.1, -0.05) is 19.0 Å². The van der Waals surface area contributed by atoms with Crippen LogP contribution < -0.4 is 5.32 Å². The van der Waals surface area contributed by atoms with Crippen molar-refractivity contribution in [1.29, 1.82) is 0 Å². The van der Waals surface area contributed by atoms with Crippen molar-refractivity contribution in [3.8, 4) is 0 Å². The van der Waals surface area contributed by atoms with Crippen molar-refractivity contribution in [2.75, 3.05) is 5.32 Å². The predicted molar refractivity (Wildman–Crippen MR) is 87.6 cm³/mol. The second kappa shape index (κ2) is 5.79. The molecule has 1 amide bonds. The molecule has 0 aromatic carbocycles. The average molecular weight is 310 g/mol. The topological polar surface area (TPSA) is 80.9 Å². The van der Waals surface area contributed by atoms with E-state index in [1.165, 1.54) is 0 Å². The average Bonchev–Trinajstić information content (AvgIpc) is 2.88. The Bertz CT molecular complexity index is 883. The highest BCUT2D eigenvalue weighted by atomic mass is 16.5. The molecule has 3 heterocycles. The number of rotatable bonds is 3. The fourth-order valence-corrected chi connectivity index (χ4v) is 2.38. The zero-order chi connectivity index (χ0) is 16.6. The SMILES string of the molecule is Cc1ccnc(NC(=O)c2cc(C(C)C)nc3onc(C)c23)c1. The van der Waals surface area contributed by atoms with E-state index in [4.69, 9.17) is 4.52 Å². The summed E-state index contributed by atoms with van der Waals surface area (Å²) in [4.78, 5) is 21.3. The van der Waals surface area contributed by atoms with Crippen LogP contribution in [-0.2, 0) is 0 Å². The summed E-state index contributed by atoms with van der Waals surface area (Å²) in [7, 11) is 0. The molecule has 3 rings (SSSR count). The second-order valence-electron chi connectivity index (χ2n) is 5.87. The fraction of sp³-hybridized carbons (Fsp3) is 0.294. The first kappa shape index (κ1) is 15.1. The maximum absolute atomic E-state index is 12.7. The summed E-state index contributed by atoms with van der Waals surface area (Å²) in [6, 6.07) is 5.49. The molecule has 6 nitrogen and oxygen atoms in total. The maximum atomic E-state index is 12.7. The first-order valence-electron chi connectivity index (χ1n) is 7.46. The van der Waals surface area contributed by atoms with Gasteiger partial charge in [-0.05, 0) is 43.5 Å². The van der Waals surface area contributed by atoms with Gasteiger partial charge >= 0.3 is 0 Å². The van der Waals surface area contributed by atoms with E-state index >= 15 is 0 Å². The molecule has 0 atom stereocenters. The summed E-state index contributed by atoms with van der Waals surface area (Å²) < 4.78 is 5.24. The largest absolute Gasteiger partial charge is 0.336 e. The van der Waals surface area contributed by atoms with Crippen LogP contribution in [0.4, 0.5) is 5.82 Å². The maximum Gasteiger partial charge on any atom is 0.259 e. The second-order valence-corrected chi connectivity index (χ2v) is 5.87. The third-order valence-electron chi connectivity index (χ3n) is 3.63. The van der Waals surface area contributed by atoms with E-state index in [9.17, 15) is 4.79 Å². The number of hydrogen-bond donors (Lipinski definition) is 1. The number of carbonyl (C=O) groups excluding carboxylic acids is 1. The number of aryl methyl sites for hydroxylation is 2. The lowest BCUT2D eigenvalue weighted by Gasteiger charge is -2.09. The third-order valence-corrected chi connectivity index (χ3v) is 3.63. The Labute approximate surface area is 133 Å². The lowest BCUT2D eigenvalue weighted by Crippen LogP contribution is -2.14. The number of hydrogen-bond acceptors (Lipinski definition) is 5. The van der Waals surface area contributed by atoms with E-state index in [-0.39, 0.29) is 11.8 Å². The molecule has 0 saturated heterocycles. The normalized spacial score (nSPS) is 11.2. The van der Waals surface area contributed by atoms with E-state index in [1.807, 2.05) is 32.9 Å². The third kappa shape index (κ3) is 2.92. The van der Waals surface area contributed by atoms with Gasteiger partial charge in [-0.15, -0.1) is 0 Å². The highest BCUT2D eigenvalue weighted by Crippen LogP contribution is 2.25. The number of carbonyl (C=O) groups is 1. The molecular weight excluding hydrogens is 292 g/mol. The summed E-state index contributed by atoms with van der Waals surface area (Å²) in [6.07, 6.45) is 1.66. The Hall–Kier alpha value is -2.76. The molecule has 3 aromatic heterocycles. The molecule has 6 heteroatoms. The molecule has 3 aromatic rings. The van der Waals surface area contributed by atoms with Gasteiger partial charge < -0.3 is 9.84 Å². The number of aromatic nitrogens is 3. The van der Waals surface area contributed by atoms with Crippen LogP contribution >= 0.6 is 0 Å². The van der Waals surface area contributed by atoms with Gasteiger partial charge in [-0.25, -0.2) is 9.97 Å². The van der Waals surface area contributed by atoms with Gasteiger partial charge in [0.2, 0.25) is 0 Å². The van der Waals surface area contributed by atoms with Crippen molar-refractivity contribution >= 4 is 22.8 Å². The monoisotopic (exact) mass is 310 g/mol. The van der Waals surface area contributed by atoms with E-state index < -0.39 is 0 Å². The number of nitrogens with one attached hydrogen (secondary N) is 1. The molecular formula is C17H18N4O2. The van der Waals surface area contributed by atoms with E-state index in [2.05, 4.69) is 20.4 Å². The van der Waals surface area contributed by atoms with E-state index in [0.29, 0.717) is 28.2 Å². The van der Waals surface area contributed by atoms with Crippen LogP contribution in [0.25, 0.3) is 11.1 Å². The molecule has 0 bridgehead atoms. The summed E-state index contributed by atoms with van der Waals surface area (Å²) >= 11 is 0. The van der Waals surface area contributed by atoms with Gasteiger partial charge in [0.05, 0.1) is 16.6 Å². The molecule has 0 spiro atoms. The first-order valence-corrected chi connectivity index (χ1v) is 7.46. The van der Waals surface area contributed by atoms with Gasteiger partial charge in [0, 0.05) is 11.9 Å². The van der Waals surface area contributed by atoms with Gasteiger partial charge in [-0.3, -0.25) is 4.79 Å². The summed E-state index contributed by atoms with van der Waals surface area (Å²) in [6.45, 7) is 7.77. The van der Waals surface area contributed by atoms with Gasteiger partial charge in [-0.2, -0.15) is 0 Å². The van der Waals surface area contributed by atoms with Crippen molar-refractivity contribution in [1.82, 2.24) is 15.1 Å². The Morgan fingerprint density at radius 3 is 2.74 bits per heavy atom. The Kier molecular flexibility index (Phi) is 3.82. The van der Waals surface area contributed by atoms with Crippen molar-refractivity contribution < 1.29 is 9.32 Å². The summed E-state index contributed by atoms with van der Waals surface area (Å²) in [5, 5.41) is 7.39. The first-order chi connectivity index (χ1) is 11.0. The van der Waals surface area contributed by atoms with E-state index in [1.54, 1.807) is 19.2 Å². The van der Waals surface area contributed by atoms with Crippen molar-refractivity contribution in [3.05, 3.63) is 46.9 Å². The van der Waals surface area contributed by atoms with Crippen LogP contribution in [0.15, 0.2) is 28.9 Å². The minimum absolute atomic E-state index is 0.174. The van der Waals surface area contributed by atoms with Gasteiger partial charge in [0.1, 0.15) is 5.82 Å². The summed E-state index contributed by atoms with van der Waals surface area (Å²) in [5.74, 6) is 0.442. The molecule has 0 aliphatic heterocycles. The van der Waals surface area contributed by atoms with Gasteiger partial charge in [0.15, 0.2) is 0 Å². The Morgan fingerprint density at radius 2 is 2.04 bits per heavy atom. The quantitative estimate of drug-likeness (QED) is 0.799. The molecule has 0 saturated carbocycles. The molecule has 23 heavy (non-hydrogen) atoms. The van der Waals surface area contributed by atoms with Crippen LogP contribution in [0.2, 0.25) is 0 Å². The smallest absolute Gasteiger partial charge is 0.259 e. The van der Waals surface area contributed by atoms with Crippen LogP contribution in [0.3, 0.4) is 0 Å². The predicted octanol–water partition coefficient (Wildman–Crippen LogP) is 3.61. The lowest BCUT2D eigenvalue weighted by atomic mass is 10.0. The number of fused-ring (bicyclic) bond motifs is 1. The van der Waals surface area contributed by atoms with Crippen LogP contribution in [0.1, 0.15) is 47.1 Å². The highest BCUT2D eigenvalue weighted by Gasteiger charge is 2.20. The van der Waals surface area contributed by atoms with Crippen LogP contribution in [0, 0.1) is 13.8 Å². The van der Waals surface area contributed by atoms with Crippen molar-refractivity contribution in [2.45, 2.75) is 33.6 Å². The Morgan fingerprint density at radius 1 is 1.26 bits per heavy atom. The number of anilines is 1. The number of nitrogens with zero attached hydrogens (tertiary/aromatic N) is 3. The molecule has 0 radical (unpaired) electrons. The van der Waals surface area contributed by atoms with Gasteiger partial charge in [0.25, 0.3) is 11.6 Å². The zero-order valence-electron chi connectivity index (χ0n) is 13.5. The molecule has 0 aliphatic carbocycles. The molecule has 0 unspecified atom stereocenters. The minimum Gasteiger partial charge on any atom is -0.336 e. The number of amides is 1. The van der Waals surface area contributed by atoms with Crippen molar-refractivity contribution in [3.63, 3.8) is 0 Å². The van der Waals surface area contributed by atoms with Crippen LogP contribution in [-0.4, -0.2) is 21.0 Å². The lowest BCUT2D eigenvalue weighted by molar-refractivity contribution is 0.102.